The van der Waals surface area contributed by atoms with Crippen molar-refractivity contribution in [3.63, 3.8) is 0 Å². The fourth-order valence-electron chi connectivity index (χ4n) is 2.38. The van der Waals surface area contributed by atoms with E-state index in [0.717, 1.165) is 19.4 Å². The van der Waals surface area contributed by atoms with E-state index in [1.165, 1.54) is 4.90 Å². The monoisotopic (exact) mass is 240 g/mol. The third-order valence-corrected chi connectivity index (χ3v) is 3.65. The Labute approximate surface area is 101 Å². The third kappa shape index (κ3) is 3.19. The maximum atomic E-state index is 12.3. The van der Waals surface area contributed by atoms with Crippen LogP contribution in [0, 0.1) is 17.8 Å². The number of carbonyl (C=O) groups excluding carboxylic acids is 1. The van der Waals surface area contributed by atoms with Crippen molar-refractivity contribution in [2.45, 2.75) is 19.8 Å². The summed E-state index contributed by atoms with van der Waals surface area (Å²) in [5.74, 6) is -0.122. The van der Waals surface area contributed by atoms with Crippen LogP contribution in [0.15, 0.2) is 0 Å². The van der Waals surface area contributed by atoms with Gasteiger partial charge < -0.3 is 15.3 Å². The third-order valence-electron chi connectivity index (χ3n) is 3.65. The van der Waals surface area contributed by atoms with Crippen molar-refractivity contribution in [2.75, 3.05) is 26.2 Å². The summed E-state index contributed by atoms with van der Waals surface area (Å²) in [5, 5.41) is 12.1. The Balaban J connectivity index is 1.97. The van der Waals surface area contributed by atoms with Crippen molar-refractivity contribution in [2.24, 2.45) is 17.8 Å². The molecule has 2 fully saturated rings. The molecule has 5 nitrogen and oxygen atoms in total. The molecule has 2 N–H and O–H groups in total. The first kappa shape index (κ1) is 12.4. The molecule has 0 aromatic heterocycles. The number of hydrogen-bond acceptors (Lipinski definition) is 3. The van der Waals surface area contributed by atoms with Crippen molar-refractivity contribution >= 4 is 11.9 Å². The zero-order chi connectivity index (χ0) is 12.4. The van der Waals surface area contributed by atoms with Gasteiger partial charge in [-0.1, -0.05) is 6.92 Å². The summed E-state index contributed by atoms with van der Waals surface area (Å²) in [6.07, 6.45) is 2.25. The molecule has 1 amide bonds. The highest BCUT2D eigenvalue weighted by molar-refractivity contribution is 5.83. The van der Waals surface area contributed by atoms with Crippen molar-refractivity contribution in [3.05, 3.63) is 0 Å². The smallest absolute Gasteiger partial charge is 0.323 e. The molecule has 1 saturated carbocycles. The molecule has 0 radical (unpaired) electrons. The highest BCUT2D eigenvalue weighted by Gasteiger charge is 2.35. The Bertz CT molecular complexity index is 315. The number of amides is 1. The van der Waals surface area contributed by atoms with E-state index in [9.17, 15) is 9.59 Å². The molecule has 0 aromatic rings. The molecule has 0 spiro atoms. The van der Waals surface area contributed by atoms with Gasteiger partial charge >= 0.3 is 5.97 Å². The predicted molar refractivity (Wildman–Crippen MR) is 62.5 cm³/mol. The molecule has 1 saturated heterocycles. The van der Waals surface area contributed by atoms with Crippen LogP contribution in [0.3, 0.4) is 0 Å². The number of nitrogens with zero attached hydrogens (tertiary/aromatic N) is 1. The minimum atomic E-state index is -0.919. The second kappa shape index (κ2) is 5.04. The van der Waals surface area contributed by atoms with Crippen LogP contribution in [0.4, 0.5) is 0 Å². The first-order chi connectivity index (χ1) is 8.08. The van der Waals surface area contributed by atoms with Gasteiger partial charge in [-0.3, -0.25) is 9.59 Å². The largest absolute Gasteiger partial charge is 0.480 e. The first-order valence-electron chi connectivity index (χ1n) is 6.29. The zero-order valence-electron chi connectivity index (χ0n) is 10.2. The van der Waals surface area contributed by atoms with Gasteiger partial charge in [0.25, 0.3) is 0 Å². The van der Waals surface area contributed by atoms with E-state index in [-0.39, 0.29) is 18.4 Å². The summed E-state index contributed by atoms with van der Waals surface area (Å²) in [7, 11) is 0. The number of carboxylic acids is 1. The number of rotatable bonds is 5. The van der Waals surface area contributed by atoms with Gasteiger partial charge in [-0.15, -0.1) is 0 Å². The Morgan fingerprint density at radius 2 is 2.06 bits per heavy atom. The summed E-state index contributed by atoms with van der Waals surface area (Å²) >= 11 is 0. The lowest BCUT2D eigenvalue weighted by Crippen LogP contribution is -2.42. The summed E-state index contributed by atoms with van der Waals surface area (Å²) in [6, 6.07) is 0. The number of carboxylic acid groups (broad SMARTS) is 1. The summed E-state index contributed by atoms with van der Waals surface area (Å²) in [5.41, 5.74) is 0. The summed E-state index contributed by atoms with van der Waals surface area (Å²) in [4.78, 5) is 24.6. The SMILES string of the molecule is CC1CNCC1C(=O)N(CC(=O)O)CC1CC1. The Hall–Kier alpha value is -1.10. The molecule has 2 aliphatic rings. The molecule has 0 aromatic carbocycles. The molecule has 17 heavy (non-hydrogen) atoms. The molecule has 2 rings (SSSR count). The quantitative estimate of drug-likeness (QED) is 0.718. The van der Waals surface area contributed by atoms with Gasteiger partial charge in [0.05, 0.1) is 5.92 Å². The second-order valence-corrected chi connectivity index (χ2v) is 5.30. The topological polar surface area (TPSA) is 69.6 Å². The summed E-state index contributed by atoms with van der Waals surface area (Å²) < 4.78 is 0. The normalized spacial score (nSPS) is 28.1. The van der Waals surface area contributed by atoms with Crippen molar-refractivity contribution < 1.29 is 14.7 Å². The van der Waals surface area contributed by atoms with Crippen molar-refractivity contribution in [3.8, 4) is 0 Å². The molecule has 1 heterocycles. The molecule has 1 aliphatic carbocycles. The van der Waals surface area contributed by atoms with Crippen LogP contribution >= 0.6 is 0 Å². The van der Waals surface area contributed by atoms with Crippen LogP contribution in [0.2, 0.25) is 0 Å². The Morgan fingerprint density at radius 3 is 2.53 bits per heavy atom. The van der Waals surface area contributed by atoms with Gasteiger partial charge in [0.15, 0.2) is 0 Å². The van der Waals surface area contributed by atoms with Gasteiger partial charge in [-0.2, -0.15) is 0 Å². The van der Waals surface area contributed by atoms with Crippen LogP contribution in [-0.4, -0.2) is 48.1 Å². The van der Waals surface area contributed by atoms with Crippen LogP contribution in [0.1, 0.15) is 19.8 Å². The minimum absolute atomic E-state index is 0.0109. The zero-order valence-corrected chi connectivity index (χ0v) is 10.2. The van der Waals surface area contributed by atoms with E-state index in [1.54, 1.807) is 0 Å². The predicted octanol–water partition coefficient (Wildman–Crippen LogP) is 0.165. The fourth-order valence-corrected chi connectivity index (χ4v) is 2.38. The average molecular weight is 240 g/mol. The van der Waals surface area contributed by atoms with Crippen LogP contribution in [0.5, 0.6) is 0 Å². The lowest BCUT2D eigenvalue weighted by atomic mass is 9.96. The van der Waals surface area contributed by atoms with Gasteiger partial charge in [0.2, 0.25) is 5.91 Å². The lowest BCUT2D eigenvalue weighted by molar-refractivity contribution is -0.146. The lowest BCUT2D eigenvalue weighted by Gasteiger charge is -2.25. The van der Waals surface area contributed by atoms with E-state index >= 15 is 0 Å². The van der Waals surface area contributed by atoms with Crippen LogP contribution in [0.25, 0.3) is 0 Å². The number of nitrogens with one attached hydrogen (secondary N) is 1. The Kier molecular flexibility index (Phi) is 3.66. The second-order valence-electron chi connectivity index (χ2n) is 5.30. The van der Waals surface area contributed by atoms with Gasteiger partial charge in [0.1, 0.15) is 6.54 Å². The first-order valence-corrected chi connectivity index (χ1v) is 6.29. The maximum Gasteiger partial charge on any atom is 0.323 e. The van der Waals surface area contributed by atoms with Gasteiger partial charge in [-0.05, 0) is 31.2 Å². The fraction of sp³-hybridized carbons (Fsp3) is 0.833. The van der Waals surface area contributed by atoms with E-state index in [2.05, 4.69) is 5.32 Å². The molecular formula is C12H20N2O3. The molecular weight excluding hydrogens is 220 g/mol. The molecule has 2 atom stereocenters. The van der Waals surface area contributed by atoms with E-state index in [0.29, 0.717) is 24.9 Å². The van der Waals surface area contributed by atoms with Crippen LogP contribution < -0.4 is 5.32 Å². The van der Waals surface area contributed by atoms with Gasteiger partial charge in [0, 0.05) is 13.1 Å². The minimum Gasteiger partial charge on any atom is -0.480 e. The van der Waals surface area contributed by atoms with Gasteiger partial charge in [-0.25, -0.2) is 0 Å². The number of carbonyl (C=O) groups is 2. The maximum absolute atomic E-state index is 12.3. The highest BCUT2D eigenvalue weighted by Crippen LogP contribution is 2.30. The molecule has 1 aliphatic heterocycles. The summed E-state index contributed by atoms with van der Waals surface area (Å²) in [6.45, 7) is 4.03. The van der Waals surface area contributed by atoms with Crippen molar-refractivity contribution in [1.82, 2.24) is 10.2 Å². The molecule has 2 unspecified atom stereocenters. The average Bonchev–Trinajstić information content (AvgIpc) is 2.97. The number of hydrogen-bond donors (Lipinski definition) is 2. The Morgan fingerprint density at radius 1 is 1.35 bits per heavy atom. The molecule has 5 heteroatoms. The van der Waals surface area contributed by atoms with E-state index in [1.807, 2.05) is 6.92 Å². The van der Waals surface area contributed by atoms with Crippen LogP contribution in [-0.2, 0) is 9.59 Å². The standard InChI is InChI=1S/C12H20N2O3/c1-8-4-13-5-10(8)12(17)14(7-11(15)16)6-9-2-3-9/h8-10,13H,2-7H2,1H3,(H,15,16). The van der Waals surface area contributed by atoms with E-state index < -0.39 is 5.97 Å². The van der Waals surface area contributed by atoms with E-state index in [4.69, 9.17) is 5.11 Å². The molecule has 96 valence electrons. The van der Waals surface area contributed by atoms with Crippen molar-refractivity contribution in [1.29, 1.82) is 0 Å². The highest BCUT2D eigenvalue weighted by atomic mass is 16.4. The molecule has 0 bridgehead atoms. The number of aliphatic carboxylic acids is 1.